The molecule has 0 aliphatic heterocycles. The van der Waals surface area contributed by atoms with Crippen LogP contribution in [-0.4, -0.2) is 132 Å². The molecule has 0 bridgehead atoms. The van der Waals surface area contributed by atoms with Crippen LogP contribution in [0.4, 0.5) is 0 Å². The molecule has 0 saturated heterocycles. The summed E-state index contributed by atoms with van der Waals surface area (Å²) in [5.74, 6) is -0.307. The van der Waals surface area contributed by atoms with Crippen molar-refractivity contribution in [2.24, 2.45) is 0 Å². The van der Waals surface area contributed by atoms with Crippen LogP contribution in [0, 0.1) is 0 Å². The Morgan fingerprint density at radius 1 is 0.400 bits per heavy atom. The van der Waals surface area contributed by atoms with E-state index in [4.69, 9.17) is 47.4 Å². The van der Waals surface area contributed by atoms with E-state index < -0.39 is 0 Å². The van der Waals surface area contributed by atoms with Crippen molar-refractivity contribution >= 4 is 5.97 Å². The van der Waals surface area contributed by atoms with Gasteiger partial charge in [0, 0.05) is 13.5 Å². The number of carbonyl (C=O) groups is 1. The Bertz CT molecular complexity index is 413. The maximum Gasteiger partial charge on any atom is 0.302 e. The van der Waals surface area contributed by atoms with E-state index in [1.54, 1.807) is 0 Å². The smallest absolute Gasteiger partial charge is 0.302 e. The summed E-state index contributed by atoms with van der Waals surface area (Å²) in [6.07, 6.45) is 2.24. The maximum absolute atomic E-state index is 10.6. The Morgan fingerprint density at radius 3 is 0.857 bits per heavy atom. The standard InChI is InChI=1S/C24H48O11/c1-3-4-5-26-6-7-27-8-9-28-10-11-29-12-13-30-14-15-31-16-17-32-18-19-33-20-21-34-22-23-35-24(2)25/h3-23H2,1-2H3. The third-order valence-corrected chi connectivity index (χ3v) is 4.15. The number of rotatable bonds is 30. The molecule has 0 aromatic heterocycles. The first-order valence-electron chi connectivity index (χ1n) is 12.6. The lowest BCUT2D eigenvalue weighted by atomic mass is 10.4. The van der Waals surface area contributed by atoms with E-state index >= 15 is 0 Å². The van der Waals surface area contributed by atoms with Crippen LogP contribution in [0.1, 0.15) is 26.7 Å². The van der Waals surface area contributed by atoms with Gasteiger partial charge in [-0.3, -0.25) is 4.79 Å². The SMILES string of the molecule is CCCCOCCOCCOCCOCCOCCOCCOCCOCCOCCOC(C)=O. The van der Waals surface area contributed by atoms with Gasteiger partial charge in [-0.2, -0.15) is 0 Å². The van der Waals surface area contributed by atoms with Gasteiger partial charge in [0.1, 0.15) is 6.61 Å². The van der Waals surface area contributed by atoms with Crippen LogP contribution in [-0.2, 0) is 52.2 Å². The lowest BCUT2D eigenvalue weighted by Crippen LogP contribution is -2.15. The molecule has 0 amide bonds. The average molecular weight is 513 g/mol. The Morgan fingerprint density at radius 2 is 0.629 bits per heavy atom. The molecule has 0 spiro atoms. The van der Waals surface area contributed by atoms with Crippen LogP contribution in [0.15, 0.2) is 0 Å². The van der Waals surface area contributed by atoms with Gasteiger partial charge < -0.3 is 47.4 Å². The topological polar surface area (TPSA) is 109 Å². The minimum atomic E-state index is -0.307. The second kappa shape index (κ2) is 31.1. The zero-order valence-electron chi connectivity index (χ0n) is 21.8. The van der Waals surface area contributed by atoms with Gasteiger partial charge in [-0.15, -0.1) is 0 Å². The quantitative estimate of drug-likeness (QED) is 0.103. The van der Waals surface area contributed by atoms with Crippen molar-refractivity contribution < 1.29 is 52.2 Å². The highest BCUT2D eigenvalue weighted by Crippen LogP contribution is 1.89. The molecule has 0 radical (unpaired) electrons. The van der Waals surface area contributed by atoms with Gasteiger partial charge in [0.05, 0.1) is 112 Å². The fourth-order valence-corrected chi connectivity index (χ4v) is 2.35. The number of carbonyl (C=O) groups excluding carboxylic acids is 1. The summed E-state index contributed by atoms with van der Waals surface area (Å²) in [7, 11) is 0. The van der Waals surface area contributed by atoms with Crippen molar-refractivity contribution in [2.45, 2.75) is 26.7 Å². The summed E-state index contributed by atoms with van der Waals surface area (Å²) in [5.41, 5.74) is 0. The van der Waals surface area contributed by atoms with E-state index in [2.05, 4.69) is 6.92 Å². The summed E-state index contributed by atoms with van der Waals surface area (Å²) in [6, 6.07) is 0. The molecule has 11 heteroatoms. The monoisotopic (exact) mass is 512 g/mol. The lowest BCUT2D eigenvalue weighted by Gasteiger charge is -2.09. The molecule has 0 aromatic carbocycles. The number of hydrogen-bond acceptors (Lipinski definition) is 11. The predicted octanol–water partition coefficient (Wildman–Crippen LogP) is 1.50. The summed E-state index contributed by atoms with van der Waals surface area (Å²) in [5, 5.41) is 0. The van der Waals surface area contributed by atoms with Gasteiger partial charge >= 0.3 is 5.97 Å². The third-order valence-electron chi connectivity index (χ3n) is 4.15. The molecule has 0 fully saturated rings. The highest BCUT2D eigenvalue weighted by atomic mass is 16.6. The van der Waals surface area contributed by atoms with Gasteiger partial charge in [-0.05, 0) is 6.42 Å². The van der Waals surface area contributed by atoms with Crippen LogP contribution in [0.5, 0.6) is 0 Å². The Balaban J connectivity index is 3.01. The van der Waals surface area contributed by atoms with Gasteiger partial charge in [0.15, 0.2) is 0 Å². The van der Waals surface area contributed by atoms with Crippen LogP contribution in [0.25, 0.3) is 0 Å². The van der Waals surface area contributed by atoms with Crippen LogP contribution < -0.4 is 0 Å². The molecule has 35 heavy (non-hydrogen) atoms. The van der Waals surface area contributed by atoms with Crippen LogP contribution in [0.3, 0.4) is 0 Å². The second-order valence-electron chi connectivity index (χ2n) is 7.20. The lowest BCUT2D eigenvalue weighted by molar-refractivity contribution is -0.142. The van der Waals surface area contributed by atoms with E-state index in [1.807, 2.05) is 0 Å². The van der Waals surface area contributed by atoms with Crippen LogP contribution in [0.2, 0.25) is 0 Å². The molecule has 0 unspecified atom stereocenters. The van der Waals surface area contributed by atoms with E-state index in [9.17, 15) is 4.79 Å². The van der Waals surface area contributed by atoms with Crippen molar-refractivity contribution in [1.29, 1.82) is 0 Å². The van der Waals surface area contributed by atoms with Crippen molar-refractivity contribution in [3.05, 3.63) is 0 Å². The normalized spacial score (nSPS) is 11.3. The maximum atomic E-state index is 10.6. The van der Waals surface area contributed by atoms with E-state index in [0.29, 0.717) is 112 Å². The highest BCUT2D eigenvalue weighted by Gasteiger charge is 1.96. The van der Waals surface area contributed by atoms with Crippen molar-refractivity contribution in [3.63, 3.8) is 0 Å². The fraction of sp³-hybridized carbons (Fsp3) is 0.958. The molecule has 0 rings (SSSR count). The minimum Gasteiger partial charge on any atom is -0.463 e. The van der Waals surface area contributed by atoms with E-state index in [1.165, 1.54) is 6.92 Å². The summed E-state index contributed by atoms with van der Waals surface area (Å²) < 4.78 is 53.3. The molecular formula is C24H48O11. The van der Waals surface area contributed by atoms with Gasteiger partial charge in [0.25, 0.3) is 0 Å². The fourth-order valence-electron chi connectivity index (χ4n) is 2.35. The first kappa shape index (κ1) is 34.1. The molecule has 0 atom stereocenters. The molecule has 0 aromatic rings. The summed E-state index contributed by atoms with van der Waals surface area (Å²) >= 11 is 0. The number of unbranched alkanes of at least 4 members (excludes halogenated alkanes) is 1. The largest absolute Gasteiger partial charge is 0.463 e. The molecule has 210 valence electrons. The van der Waals surface area contributed by atoms with Gasteiger partial charge in [0.2, 0.25) is 0 Å². The number of ether oxygens (including phenoxy) is 10. The molecule has 0 aliphatic rings. The van der Waals surface area contributed by atoms with E-state index in [-0.39, 0.29) is 12.6 Å². The van der Waals surface area contributed by atoms with Gasteiger partial charge in [-0.25, -0.2) is 0 Å². The Hall–Kier alpha value is -0.890. The molecular weight excluding hydrogens is 464 g/mol. The predicted molar refractivity (Wildman–Crippen MR) is 129 cm³/mol. The third kappa shape index (κ3) is 33.1. The van der Waals surface area contributed by atoms with E-state index in [0.717, 1.165) is 19.4 Å². The first-order chi connectivity index (χ1) is 17.3. The molecule has 0 N–H and O–H groups in total. The number of hydrogen-bond donors (Lipinski definition) is 0. The van der Waals surface area contributed by atoms with Gasteiger partial charge in [-0.1, -0.05) is 13.3 Å². The second-order valence-corrected chi connectivity index (χ2v) is 7.20. The molecule has 0 aliphatic carbocycles. The van der Waals surface area contributed by atoms with Crippen molar-refractivity contribution in [1.82, 2.24) is 0 Å². The highest BCUT2D eigenvalue weighted by molar-refractivity contribution is 5.65. The minimum absolute atomic E-state index is 0.264. The Labute approximate surface area is 210 Å². The molecule has 0 saturated carbocycles. The zero-order chi connectivity index (χ0) is 25.5. The summed E-state index contributed by atoms with van der Waals surface area (Å²) in [6.45, 7) is 13.4. The summed E-state index contributed by atoms with van der Waals surface area (Å²) in [4.78, 5) is 10.6. The molecule has 0 heterocycles. The van der Waals surface area contributed by atoms with Crippen LogP contribution >= 0.6 is 0 Å². The first-order valence-corrected chi connectivity index (χ1v) is 12.6. The Kier molecular flexibility index (Phi) is 30.3. The van der Waals surface area contributed by atoms with Crippen molar-refractivity contribution in [2.75, 3.05) is 126 Å². The van der Waals surface area contributed by atoms with Crippen molar-refractivity contribution in [3.8, 4) is 0 Å². The molecule has 11 nitrogen and oxygen atoms in total. The average Bonchev–Trinajstić information content (AvgIpc) is 2.85. The number of esters is 1. The zero-order valence-corrected chi connectivity index (χ0v) is 21.8.